The number of nitrogens with zero attached hydrogens (tertiary/aromatic N) is 2. The Hall–Kier alpha value is -1.88. The summed E-state index contributed by atoms with van der Waals surface area (Å²) in [6.45, 7) is 7.73. The van der Waals surface area contributed by atoms with Crippen molar-refractivity contribution < 1.29 is 0 Å². The molecule has 0 bridgehead atoms. The number of hydrogen-bond donors (Lipinski definition) is 2. The first kappa shape index (κ1) is 15.5. The van der Waals surface area contributed by atoms with Crippen molar-refractivity contribution in [3.63, 3.8) is 0 Å². The van der Waals surface area contributed by atoms with Gasteiger partial charge in [-0.3, -0.25) is 4.99 Å². The van der Waals surface area contributed by atoms with Crippen molar-refractivity contribution in [1.29, 1.82) is 0 Å². The van der Waals surface area contributed by atoms with Crippen LogP contribution in [0.25, 0.3) is 0 Å². The highest BCUT2D eigenvalue weighted by atomic mass is 32.1. The SMILES string of the molecule is CN=C(NCc1ccccc1C)NCc1sc(C)nc1C. The van der Waals surface area contributed by atoms with E-state index in [0.717, 1.165) is 29.8 Å². The van der Waals surface area contributed by atoms with Crippen LogP contribution in [0.15, 0.2) is 29.3 Å². The van der Waals surface area contributed by atoms with Crippen LogP contribution in [0.5, 0.6) is 0 Å². The molecule has 0 fully saturated rings. The standard InChI is InChI=1S/C16H22N4S/c1-11-7-5-6-8-14(11)9-18-16(17-4)19-10-15-12(2)20-13(3)21-15/h5-8H,9-10H2,1-4H3,(H2,17,18,19). The Morgan fingerprint density at radius 1 is 1.14 bits per heavy atom. The summed E-state index contributed by atoms with van der Waals surface area (Å²) in [7, 11) is 1.79. The van der Waals surface area contributed by atoms with Crippen LogP contribution >= 0.6 is 11.3 Å². The fourth-order valence-electron chi connectivity index (χ4n) is 2.11. The molecular weight excluding hydrogens is 280 g/mol. The highest BCUT2D eigenvalue weighted by molar-refractivity contribution is 7.11. The monoisotopic (exact) mass is 302 g/mol. The third-order valence-corrected chi connectivity index (χ3v) is 4.42. The highest BCUT2D eigenvalue weighted by Gasteiger charge is 2.06. The van der Waals surface area contributed by atoms with E-state index in [9.17, 15) is 0 Å². The first-order valence-corrected chi connectivity index (χ1v) is 7.83. The van der Waals surface area contributed by atoms with Crippen LogP contribution in [-0.2, 0) is 13.1 Å². The van der Waals surface area contributed by atoms with E-state index in [1.165, 1.54) is 16.0 Å². The van der Waals surface area contributed by atoms with Gasteiger partial charge in [0, 0.05) is 18.5 Å². The van der Waals surface area contributed by atoms with Gasteiger partial charge in [0.1, 0.15) is 0 Å². The lowest BCUT2D eigenvalue weighted by molar-refractivity contribution is 0.808. The van der Waals surface area contributed by atoms with Gasteiger partial charge in [0.25, 0.3) is 0 Å². The van der Waals surface area contributed by atoms with E-state index >= 15 is 0 Å². The molecule has 112 valence electrons. The van der Waals surface area contributed by atoms with Gasteiger partial charge in [-0.1, -0.05) is 24.3 Å². The molecule has 0 radical (unpaired) electrons. The normalized spacial score (nSPS) is 11.5. The Labute approximate surface area is 130 Å². The maximum absolute atomic E-state index is 4.44. The van der Waals surface area contributed by atoms with Crippen LogP contribution in [0.4, 0.5) is 0 Å². The topological polar surface area (TPSA) is 49.3 Å². The van der Waals surface area contributed by atoms with E-state index in [2.05, 4.69) is 51.8 Å². The van der Waals surface area contributed by atoms with Gasteiger partial charge in [0.15, 0.2) is 5.96 Å². The number of thiazole rings is 1. The fraction of sp³-hybridized carbons (Fsp3) is 0.375. The molecule has 0 amide bonds. The number of aliphatic imine (C=N–C) groups is 1. The summed E-state index contributed by atoms with van der Waals surface area (Å²) in [5, 5.41) is 7.79. The predicted octanol–water partition coefficient (Wildman–Crippen LogP) is 2.93. The van der Waals surface area contributed by atoms with Crippen molar-refractivity contribution >= 4 is 17.3 Å². The average molecular weight is 302 g/mol. The molecule has 1 aromatic heterocycles. The second-order valence-corrected chi connectivity index (χ2v) is 6.24. The minimum Gasteiger partial charge on any atom is -0.352 e. The molecule has 0 aliphatic carbocycles. The molecule has 4 nitrogen and oxygen atoms in total. The highest BCUT2D eigenvalue weighted by Crippen LogP contribution is 2.16. The smallest absolute Gasteiger partial charge is 0.191 e. The third kappa shape index (κ3) is 4.29. The minimum atomic E-state index is 0.755. The van der Waals surface area contributed by atoms with Gasteiger partial charge in [0.2, 0.25) is 0 Å². The van der Waals surface area contributed by atoms with Crippen molar-refractivity contribution in [2.75, 3.05) is 7.05 Å². The summed E-state index contributed by atoms with van der Waals surface area (Å²) in [6.07, 6.45) is 0. The molecule has 0 atom stereocenters. The molecule has 0 aliphatic heterocycles. The maximum atomic E-state index is 4.44. The lowest BCUT2D eigenvalue weighted by Gasteiger charge is -2.12. The first-order valence-electron chi connectivity index (χ1n) is 7.02. The molecule has 21 heavy (non-hydrogen) atoms. The molecule has 0 saturated carbocycles. The molecular formula is C16H22N4S. The molecule has 1 aromatic carbocycles. The van der Waals surface area contributed by atoms with Crippen LogP contribution < -0.4 is 10.6 Å². The maximum Gasteiger partial charge on any atom is 0.191 e. The fourth-order valence-corrected chi connectivity index (χ4v) is 2.99. The van der Waals surface area contributed by atoms with Gasteiger partial charge in [-0.2, -0.15) is 0 Å². The Kier molecular flexibility index (Phi) is 5.33. The second kappa shape index (κ2) is 7.22. The molecule has 0 saturated heterocycles. The number of benzene rings is 1. The largest absolute Gasteiger partial charge is 0.352 e. The summed E-state index contributed by atoms with van der Waals surface area (Å²) in [5.74, 6) is 0.809. The Balaban J connectivity index is 1.90. The number of rotatable bonds is 4. The van der Waals surface area contributed by atoms with Crippen molar-refractivity contribution in [1.82, 2.24) is 15.6 Å². The Morgan fingerprint density at radius 2 is 1.86 bits per heavy atom. The van der Waals surface area contributed by atoms with Gasteiger partial charge in [0.05, 0.1) is 17.2 Å². The lowest BCUT2D eigenvalue weighted by Crippen LogP contribution is -2.36. The first-order chi connectivity index (χ1) is 10.1. The Morgan fingerprint density at radius 3 is 2.48 bits per heavy atom. The van der Waals surface area contributed by atoms with E-state index in [1.54, 1.807) is 18.4 Å². The van der Waals surface area contributed by atoms with Crippen LogP contribution in [0.3, 0.4) is 0 Å². The van der Waals surface area contributed by atoms with Crippen molar-refractivity contribution in [3.8, 4) is 0 Å². The lowest BCUT2D eigenvalue weighted by atomic mass is 10.1. The van der Waals surface area contributed by atoms with Gasteiger partial charge >= 0.3 is 0 Å². The van der Waals surface area contributed by atoms with Crippen LogP contribution in [-0.4, -0.2) is 18.0 Å². The summed E-state index contributed by atoms with van der Waals surface area (Å²) < 4.78 is 0. The molecule has 1 heterocycles. The zero-order valence-corrected chi connectivity index (χ0v) is 13.8. The Bertz CT molecular complexity index is 631. The summed E-state index contributed by atoms with van der Waals surface area (Å²) >= 11 is 1.73. The number of aryl methyl sites for hydroxylation is 3. The molecule has 0 unspecified atom stereocenters. The van der Waals surface area contributed by atoms with E-state index in [0.29, 0.717) is 0 Å². The van der Waals surface area contributed by atoms with E-state index < -0.39 is 0 Å². The number of aromatic nitrogens is 1. The molecule has 2 aromatic rings. The van der Waals surface area contributed by atoms with E-state index in [-0.39, 0.29) is 0 Å². The number of nitrogens with one attached hydrogen (secondary N) is 2. The molecule has 0 aliphatic rings. The predicted molar refractivity (Wildman–Crippen MR) is 89.8 cm³/mol. The van der Waals surface area contributed by atoms with Gasteiger partial charge in [-0.25, -0.2) is 4.98 Å². The van der Waals surface area contributed by atoms with Gasteiger partial charge in [-0.15, -0.1) is 11.3 Å². The second-order valence-electron chi connectivity index (χ2n) is 4.95. The van der Waals surface area contributed by atoms with Crippen molar-refractivity contribution in [3.05, 3.63) is 51.0 Å². The van der Waals surface area contributed by atoms with Crippen LogP contribution in [0.1, 0.15) is 26.7 Å². The third-order valence-electron chi connectivity index (χ3n) is 3.35. The molecule has 5 heteroatoms. The summed E-state index contributed by atoms with van der Waals surface area (Å²) in [6, 6.07) is 8.37. The average Bonchev–Trinajstić information content (AvgIpc) is 2.79. The van der Waals surface area contributed by atoms with Crippen molar-refractivity contribution in [2.24, 2.45) is 4.99 Å². The zero-order chi connectivity index (χ0) is 15.2. The minimum absolute atomic E-state index is 0.755. The zero-order valence-electron chi connectivity index (χ0n) is 13.0. The van der Waals surface area contributed by atoms with E-state index in [1.807, 2.05) is 13.8 Å². The van der Waals surface area contributed by atoms with Gasteiger partial charge in [-0.05, 0) is 31.9 Å². The van der Waals surface area contributed by atoms with Crippen LogP contribution in [0.2, 0.25) is 0 Å². The number of guanidine groups is 1. The number of hydrogen-bond acceptors (Lipinski definition) is 3. The summed E-state index contributed by atoms with van der Waals surface area (Å²) in [4.78, 5) is 9.96. The molecule has 0 spiro atoms. The molecule has 2 rings (SSSR count). The van der Waals surface area contributed by atoms with Gasteiger partial charge < -0.3 is 10.6 Å². The van der Waals surface area contributed by atoms with E-state index in [4.69, 9.17) is 0 Å². The summed E-state index contributed by atoms with van der Waals surface area (Å²) in [5.41, 5.74) is 3.67. The van der Waals surface area contributed by atoms with Crippen LogP contribution in [0, 0.1) is 20.8 Å². The molecule has 2 N–H and O–H groups in total. The van der Waals surface area contributed by atoms with Crippen molar-refractivity contribution in [2.45, 2.75) is 33.9 Å². The quantitative estimate of drug-likeness (QED) is 0.674.